The third kappa shape index (κ3) is 3.45. The molecule has 4 nitrogen and oxygen atoms in total. The molecule has 0 aliphatic carbocycles. The van der Waals surface area contributed by atoms with Crippen LogP contribution in [0.15, 0.2) is 24.3 Å². The number of aliphatic hydroxyl groups excluding tert-OH is 1. The standard InChI is InChI=1S/C14H22N2O2/c1-16-8-7-12(10-16)15-9-14(17)11-3-5-13(18-2)6-4-11/h3-6,12,14-15,17H,7-10H2,1-2H3. The number of nitrogens with zero attached hydrogens (tertiary/aromatic N) is 1. The fourth-order valence-corrected chi connectivity index (χ4v) is 2.32. The van der Waals surface area contributed by atoms with E-state index in [9.17, 15) is 5.11 Å². The number of likely N-dealkylation sites (N-methyl/N-ethyl adjacent to an activating group) is 1. The summed E-state index contributed by atoms with van der Waals surface area (Å²) in [6.45, 7) is 2.80. The Bertz CT molecular complexity index is 367. The van der Waals surface area contributed by atoms with E-state index in [4.69, 9.17) is 4.74 Å². The molecule has 4 heteroatoms. The van der Waals surface area contributed by atoms with Gasteiger partial charge in [0.25, 0.3) is 0 Å². The van der Waals surface area contributed by atoms with Crippen LogP contribution < -0.4 is 10.1 Å². The maximum Gasteiger partial charge on any atom is 0.118 e. The fraction of sp³-hybridized carbons (Fsp3) is 0.571. The Hall–Kier alpha value is -1.10. The molecule has 1 aromatic rings. The van der Waals surface area contributed by atoms with E-state index in [-0.39, 0.29) is 0 Å². The smallest absolute Gasteiger partial charge is 0.118 e. The van der Waals surface area contributed by atoms with E-state index in [2.05, 4.69) is 17.3 Å². The van der Waals surface area contributed by atoms with Gasteiger partial charge in [-0.2, -0.15) is 0 Å². The molecule has 1 heterocycles. The lowest BCUT2D eigenvalue weighted by molar-refractivity contribution is 0.170. The number of nitrogens with one attached hydrogen (secondary N) is 1. The van der Waals surface area contributed by atoms with E-state index < -0.39 is 6.10 Å². The molecule has 0 bridgehead atoms. The first-order chi connectivity index (χ1) is 8.69. The fourth-order valence-electron chi connectivity index (χ4n) is 2.32. The zero-order valence-corrected chi connectivity index (χ0v) is 11.1. The molecule has 1 aliphatic heterocycles. The summed E-state index contributed by atoms with van der Waals surface area (Å²) < 4.78 is 5.10. The van der Waals surface area contributed by atoms with E-state index in [1.54, 1.807) is 7.11 Å². The van der Waals surface area contributed by atoms with Crippen molar-refractivity contribution in [3.8, 4) is 5.75 Å². The van der Waals surface area contributed by atoms with Gasteiger partial charge >= 0.3 is 0 Å². The molecule has 0 radical (unpaired) electrons. The molecule has 0 aromatic heterocycles. The predicted molar refractivity (Wildman–Crippen MR) is 71.9 cm³/mol. The van der Waals surface area contributed by atoms with Crippen LogP contribution in [0, 0.1) is 0 Å². The largest absolute Gasteiger partial charge is 0.497 e. The zero-order valence-electron chi connectivity index (χ0n) is 11.1. The zero-order chi connectivity index (χ0) is 13.0. The molecule has 1 aliphatic rings. The minimum absolute atomic E-state index is 0.457. The Balaban J connectivity index is 1.81. The molecule has 1 aromatic carbocycles. The summed E-state index contributed by atoms with van der Waals surface area (Å²) in [5.74, 6) is 0.816. The Morgan fingerprint density at radius 1 is 1.44 bits per heavy atom. The highest BCUT2D eigenvalue weighted by Gasteiger charge is 2.19. The minimum Gasteiger partial charge on any atom is -0.497 e. The summed E-state index contributed by atoms with van der Waals surface area (Å²) in [7, 11) is 3.77. The molecular formula is C14H22N2O2. The maximum atomic E-state index is 10.1. The second-order valence-electron chi connectivity index (χ2n) is 4.95. The Labute approximate surface area is 109 Å². The highest BCUT2D eigenvalue weighted by Crippen LogP contribution is 2.17. The molecule has 1 fully saturated rings. The first-order valence-corrected chi connectivity index (χ1v) is 6.43. The summed E-state index contributed by atoms with van der Waals surface area (Å²) in [6, 6.07) is 8.07. The molecule has 2 rings (SSSR count). The average Bonchev–Trinajstić information content (AvgIpc) is 2.82. The van der Waals surface area contributed by atoms with E-state index in [0.717, 1.165) is 30.8 Å². The van der Waals surface area contributed by atoms with Crippen molar-refractivity contribution >= 4 is 0 Å². The van der Waals surface area contributed by atoms with Crippen molar-refractivity contribution in [2.75, 3.05) is 33.8 Å². The van der Waals surface area contributed by atoms with Crippen molar-refractivity contribution < 1.29 is 9.84 Å². The number of ether oxygens (including phenoxy) is 1. The number of hydrogen-bond donors (Lipinski definition) is 2. The molecule has 2 N–H and O–H groups in total. The van der Waals surface area contributed by atoms with Gasteiger partial charge in [-0.1, -0.05) is 12.1 Å². The lowest BCUT2D eigenvalue weighted by Crippen LogP contribution is -2.34. The van der Waals surface area contributed by atoms with Crippen molar-refractivity contribution in [2.24, 2.45) is 0 Å². The van der Waals surface area contributed by atoms with Crippen LogP contribution in [-0.2, 0) is 0 Å². The van der Waals surface area contributed by atoms with Gasteiger partial charge in [-0.05, 0) is 37.7 Å². The van der Waals surface area contributed by atoms with Gasteiger partial charge in [-0.15, -0.1) is 0 Å². The van der Waals surface area contributed by atoms with Gasteiger partial charge in [0.05, 0.1) is 13.2 Å². The highest BCUT2D eigenvalue weighted by atomic mass is 16.5. The molecule has 2 atom stereocenters. The van der Waals surface area contributed by atoms with Crippen LogP contribution in [0.2, 0.25) is 0 Å². The van der Waals surface area contributed by atoms with Gasteiger partial charge < -0.3 is 20.1 Å². The topological polar surface area (TPSA) is 44.7 Å². The number of aliphatic hydroxyl groups is 1. The normalized spacial score (nSPS) is 22.1. The molecular weight excluding hydrogens is 228 g/mol. The summed E-state index contributed by atoms with van der Waals surface area (Å²) in [5.41, 5.74) is 0.926. The summed E-state index contributed by atoms with van der Waals surface area (Å²) in [6.07, 6.45) is 0.702. The number of hydrogen-bond acceptors (Lipinski definition) is 4. The number of likely N-dealkylation sites (tertiary alicyclic amines) is 1. The van der Waals surface area contributed by atoms with Gasteiger partial charge in [-0.25, -0.2) is 0 Å². The van der Waals surface area contributed by atoms with Crippen LogP contribution in [0.4, 0.5) is 0 Å². The van der Waals surface area contributed by atoms with Crippen molar-refractivity contribution in [3.05, 3.63) is 29.8 Å². The summed E-state index contributed by atoms with van der Waals surface area (Å²) in [5, 5.41) is 13.5. The first kappa shape index (κ1) is 13.3. The van der Waals surface area contributed by atoms with Gasteiger partial charge in [-0.3, -0.25) is 0 Å². The van der Waals surface area contributed by atoms with Crippen molar-refractivity contribution in [1.82, 2.24) is 10.2 Å². The molecule has 0 saturated carbocycles. The second kappa shape index (κ2) is 6.18. The summed E-state index contributed by atoms with van der Waals surface area (Å²) >= 11 is 0. The van der Waals surface area contributed by atoms with E-state index >= 15 is 0 Å². The van der Waals surface area contributed by atoms with E-state index in [0.29, 0.717) is 12.6 Å². The molecule has 1 saturated heterocycles. The van der Waals surface area contributed by atoms with Crippen LogP contribution in [0.25, 0.3) is 0 Å². The van der Waals surface area contributed by atoms with Gasteiger partial charge in [0.15, 0.2) is 0 Å². The maximum absolute atomic E-state index is 10.1. The van der Waals surface area contributed by atoms with Crippen molar-refractivity contribution in [1.29, 1.82) is 0 Å². The minimum atomic E-state index is -0.457. The van der Waals surface area contributed by atoms with Crippen molar-refractivity contribution in [2.45, 2.75) is 18.6 Å². The van der Waals surface area contributed by atoms with Crippen LogP contribution in [0.5, 0.6) is 5.75 Å². The lowest BCUT2D eigenvalue weighted by Gasteiger charge is -2.17. The third-order valence-electron chi connectivity index (χ3n) is 3.49. The number of rotatable bonds is 5. The monoisotopic (exact) mass is 250 g/mol. The second-order valence-corrected chi connectivity index (χ2v) is 4.95. The third-order valence-corrected chi connectivity index (χ3v) is 3.49. The molecule has 0 spiro atoms. The quantitative estimate of drug-likeness (QED) is 0.819. The SMILES string of the molecule is COc1ccc(C(O)CNC2CCN(C)C2)cc1. The molecule has 2 unspecified atom stereocenters. The van der Waals surface area contributed by atoms with Crippen LogP contribution in [-0.4, -0.2) is 49.8 Å². The van der Waals surface area contributed by atoms with Gasteiger partial charge in [0, 0.05) is 19.1 Å². The van der Waals surface area contributed by atoms with Crippen LogP contribution in [0.3, 0.4) is 0 Å². The molecule has 100 valence electrons. The Kier molecular flexibility index (Phi) is 4.58. The first-order valence-electron chi connectivity index (χ1n) is 6.43. The van der Waals surface area contributed by atoms with E-state index in [1.165, 1.54) is 0 Å². The Morgan fingerprint density at radius 3 is 2.72 bits per heavy atom. The van der Waals surface area contributed by atoms with Gasteiger partial charge in [0.2, 0.25) is 0 Å². The number of methoxy groups -OCH3 is 1. The van der Waals surface area contributed by atoms with Gasteiger partial charge in [0.1, 0.15) is 5.75 Å². The lowest BCUT2D eigenvalue weighted by atomic mass is 10.1. The van der Waals surface area contributed by atoms with E-state index in [1.807, 2.05) is 24.3 Å². The molecule has 18 heavy (non-hydrogen) atoms. The average molecular weight is 250 g/mol. The van der Waals surface area contributed by atoms with Crippen LogP contribution in [0.1, 0.15) is 18.1 Å². The Morgan fingerprint density at radius 2 is 2.17 bits per heavy atom. The van der Waals surface area contributed by atoms with Crippen molar-refractivity contribution in [3.63, 3.8) is 0 Å². The van der Waals surface area contributed by atoms with Crippen LogP contribution >= 0.6 is 0 Å². The predicted octanol–water partition coefficient (Wildman–Crippen LogP) is 1.02. The molecule has 0 amide bonds. The summed E-state index contributed by atoms with van der Waals surface area (Å²) in [4.78, 5) is 2.30. The highest BCUT2D eigenvalue weighted by molar-refractivity contribution is 5.28. The number of benzene rings is 1.